The van der Waals surface area contributed by atoms with Crippen LogP contribution in [0.2, 0.25) is 5.15 Å². The average Bonchev–Trinajstić information content (AvgIpc) is 2.90. The van der Waals surface area contributed by atoms with E-state index in [4.69, 9.17) is 11.6 Å². The smallest absolute Gasteiger partial charge is 0.227 e. The van der Waals surface area contributed by atoms with Crippen LogP contribution in [-0.2, 0) is 16.1 Å². The molecular weight excluding hydrogens is 328 g/mol. The van der Waals surface area contributed by atoms with Gasteiger partial charge in [-0.25, -0.2) is 9.50 Å². The number of hydrogen-bond donors (Lipinski definition) is 0. The highest BCUT2D eigenvalue weighted by Crippen LogP contribution is 2.57. The second-order valence-electron chi connectivity index (χ2n) is 6.38. The molecule has 7 heteroatoms. The maximum Gasteiger partial charge on any atom is 0.227 e. The minimum absolute atomic E-state index is 0.00506. The molecule has 0 N–H and O–H groups in total. The van der Waals surface area contributed by atoms with E-state index in [-0.39, 0.29) is 23.2 Å². The van der Waals surface area contributed by atoms with Crippen LogP contribution in [0, 0.1) is 17.3 Å². The largest absolute Gasteiger partial charge is 0.341 e. The molecule has 2 atom stereocenters. The van der Waals surface area contributed by atoms with Gasteiger partial charge >= 0.3 is 0 Å². The third-order valence-electron chi connectivity index (χ3n) is 4.53. The van der Waals surface area contributed by atoms with E-state index in [0.717, 1.165) is 11.8 Å². The van der Waals surface area contributed by atoms with Gasteiger partial charge in [-0.1, -0.05) is 39.3 Å². The molecule has 0 saturated heterocycles. The molecule has 2 aromatic heterocycles. The van der Waals surface area contributed by atoms with E-state index >= 15 is 0 Å². The Kier molecular flexibility index (Phi) is 5.28. The molecule has 1 saturated carbocycles. The SMILES string of the molecule is CC.CN(Cc1cc2c(Cl)ncnn2c1)C(=O)C1C(C=O)C1(C)C. The summed E-state index contributed by atoms with van der Waals surface area (Å²) >= 11 is 6.01. The molecule has 6 nitrogen and oxygen atoms in total. The third kappa shape index (κ3) is 3.15. The van der Waals surface area contributed by atoms with Crippen molar-refractivity contribution in [2.45, 2.75) is 34.2 Å². The van der Waals surface area contributed by atoms with Gasteiger partial charge in [0, 0.05) is 25.7 Å². The van der Waals surface area contributed by atoms with Gasteiger partial charge in [-0.2, -0.15) is 5.10 Å². The van der Waals surface area contributed by atoms with Crippen LogP contribution in [0.5, 0.6) is 0 Å². The summed E-state index contributed by atoms with van der Waals surface area (Å²) in [6.07, 6.45) is 4.09. The number of hydrogen-bond acceptors (Lipinski definition) is 4. The molecule has 2 aromatic rings. The number of aldehydes is 1. The van der Waals surface area contributed by atoms with Crippen LogP contribution in [0.3, 0.4) is 0 Å². The number of amides is 1. The number of aromatic nitrogens is 3. The van der Waals surface area contributed by atoms with Gasteiger partial charge in [-0.15, -0.1) is 0 Å². The van der Waals surface area contributed by atoms with Gasteiger partial charge in [0.15, 0.2) is 5.15 Å². The fourth-order valence-electron chi connectivity index (χ4n) is 3.03. The molecular formula is C17H23ClN4O2. The molecule has 24 heavy (non-hydrogen) atoms. The second kappa shape index (κ2) is 6.89. The number of carbonyl (C=O) groups is 2. The molecule has 0 aliphatic heterocycles. The number of fused-ring (bicyclic) bond motifs is 1. The predicted molar refractivity (Wildman–Crippen MR) is 92.6 cm³/mol. The van der Waals surface area contributed by atoms with Gasteiger partial charge in [0.2, 0.25) is 5.91 Å². The van der Waals surface area contributed by atoms with Crippen LogP contribution < -0.4 is 0 Å². The van der Waals surface area contributed by atoms with Crippen LogP contribution >= 0.6 is 11.6 Å². The normalized spacial score (nSPS) is 20.9. The summed E-state index contributed by atoms with van der Waals surface area (Å²) in [5.41, 5.74) is 1.38. The molecule has 2 heterocycles. The Labute approximate surface area is 146 Å². The summed E-state index contributed by atoms with van der Waals surface area (Å²) in [5.74, 6) is -0.416. The Morgan fingerprint density at radius 2 is 2.12 bits per heavy atom. The first-order valence-corrected chi connectivity index (χ1v) is 8.42. The van der Waals surface area contributed by atoms with E-state index in [2.05, 4.69) is 10.1 Å². The fraction of sp³-hybridized carbons (Fsp3) is 0.529. The molecule has 1 amide bonds. The molecule has 0 radical (unpaired) electrons. The van der Waals surface area contributed by atoms with Gasteiger partial charge in [0.25, 0.3) is 0 Å². The minimum atomic E-state index is -0.243. The zero-order valence-electron chi connectivity index (χ0n) is 14.7. The summed E-state index contributed by atoms with van der Waals surface area (Å²) < 4.78 is 1.64. The lowest BCUT2D eigenvalue weighted by Gasteiger charge is -2.17. The van der Waals surface area contributed by atoms with Crippen LogP contribution in [0.4, 0.5) is 0 Å². The Morgan fingerprint density at radius 3 is 2.67 bits per heavy atom. The molecule has 0 spiro atoms. The minimum Gasteiger partial charge on any atom is -0.341 e. The van der Waals surface area contributed by atoms with Crippen molar-refractivity contribution < 1.29 is 9.59 Å². The Bertz CT molecular complexity index is 756. The Balaban J connectivity index is 0.00000100. The molecule has 1 fully saturated rings. The van der Waals surface area contributed by atoms with Crippen LogP contribution in [0.15, 0.2) is 18.6 Å². The van der Waals surface area contributed by atoms with Gasteiger partial charge in [0.05, 0.1) is 5.92 Å². The van der Waals surface area contributed by atoms with E-state index in [1.165, 1.54) is 6.33 Å². The van der Waals surface area contributed by atoms with Gasteiger partial charge in [0.1, 0.15) is 18.1 Å². The van der Waals surface area contributed by atoms with E-state index in [1.807, 2.05) is 40.0 Å². The summed E-state index contributed by atoms with van der Waals surface area (Å²) in [5, 5.41) is 4.46. The standard InChI is InChI=1S/C15H17ClN4O2.C2H6/c1-15(2)10(7-21)12(15)14(22)19(3)5-9-4-11-13(16)17-8-18-20(11)6-9;1-2/h4,6-8,10,12H,5H2,1-3H3;1-2H3. The van der Waals surface area contributed by atoms with Crippen LogP contribution in [-0.4, -0.2) is 38.7 Å². The van der Waals surface area contributed by atoms with E-state index in [9.17, 15) is 9.59 Å². The van der Waals surface area contributed by atoms with E-state index in [1.54, 1.807) is 16.5 Å². The predicted octanol–water partition coefficient (Wildman–Crippen LogP) is 2.84. The number of carbonyl (C=O) groups excluding carboxylic acids is 2. The lowest BCUT2D eigenvalue weighted by Crippen LogP contribution is -2.29. The maximum absolute atomic E-state index is 12.5. The zero-order valence-corrected chi connectivity index (χ0v) is 15.4. The van der Waals surface area contributed by atoms with Crippen molar-refractivity contribution in [2.75, 3.05) is 7.05 Å². The number of halogens is 1. The fourth-order valence-corrected chi connectivity index (χ4v) is 3.22. The molecule has 0 bridgehead atoms. The first-order valence-electron chi connectivity index (χ1n) is 8.04. The first-order chi connectivity index (χ1) is 11.4. The zero-order chi connectivity index (χ0) is 18.1. The van der Waals surface area contributed by atoms with Crippen molar-refractivity contribution in [2.24, 2.45) is 17.3 Å². The highest BCUT2D eigenvalue weighted by Gasteiger charge is 2.62. The molecule has 0 aromatic carbocycles. The molecule has 130 valence electrons. The van der Waals surface area contributed by atoms with Crippen LogP contribution in [0.25, 0.3) is 5.52 Å². The quantitative estimate of drug-likeness (QED) is 0.795. The van der Waals surface area contributed by atoms with Crippen molar-refractivity contribution in [3.63, 3.8) is 0 Å². The molecule has 2 unspecified atom stereocenters. The summed E-state index contributed by atoms with van der Waals surface area (Å²) in [6.45, 7) is 8.34. The van der Waals surface area contributed by atoms with Gasteiger partial charge < -0.3 is 9.69 Å². The van der Waals surface area contributed by atoms with Crippen molar-refractivity contribution in [1.29, 1.82) is 0 Å². The van der Waals surface area contributed by atoms with Crippen molar-refractivity contribution >= 4 is 29.3 Å². The third-order valence-corrected chi connectivity index (χ3v) is 4.83. The van der Waals surface area contributed by atoms with Crippen molar-refractivity contribution in [1.82, 2.24) is 19.5 Å². The lowest BCUT2D eigenvalue weighted by molar-refractivity contribution is -0.133. The maximum atomic E-state index is 12.5. The van der Waals surface area contributed by atoms with Crippen LogP contribution in [0.1, 0.15) is 33.3 Å². The number of rotatable bonds is 4. The summed E-state index contributed by atoms with van der Waals surface area (Å²) in [7, 11) is 1.74. The van der Waals surface area contributed by atoms with Gasteiger partial charge in [-0.3, -0.25) is 4.79 Å². The van der Waals surface area contributed by atoms with Gasteiger partial charge in [-0.05, 0) is 17.0 Å². The highest BCUT2D eigenvalue weighted by molar-refractivity contribution is 6.32. The molecule has 1 aliphatic rings. The highest BCUT2D eigenvalue weighted by atomic mass is 35.5. The molecule has 3 rings (SSSR count). The van der Waals surface area contributed by atoms with Crippen molar-refractivity contribution in [3.8, 4) is 0 Å². The summed E-state index contributed by atoms with van der Waals surface area (Å²) in [4.78, 5) is 29.1. The van der Waals surface area contributed by atoms with Crippen molar-refractivity contribution in [3.05, 3.63) is 29.3 Å². The first kappa shape index (κ1) is 18.4. The summed E-state index contributed by atoms with van der Waals surface area (Å²) in [6, 6.07) is 1.86. The van der Waals surface area contributed by atoms with E-state index < -0.39 is 0 Å². The monoisotopic (exact) mass is 350 g/mol. The Morgan fingerprint density at radius 1 is 1.46 bits per heavy atom. The topological polar surface area (TPSA) is 67.6 Å². The average molecular weight is 351 g/mol. The van der Waals surface area contributed by atoms with E-state index in [0.29, 0.717) is 17.2 Å². The number of nitrogens with zero attached hydrogens (tertiary/aromatic N) is 4. The lowest BCUT2D eigenvalue weighted by atomic mass is 10.1. The molecule has 1 aliphatic carbocycles. The Hall–Kier alpha value is -1.95. The second-order valence-corrected chi connectivity index (χ2v) is 6.74.